The number of urea groups is 1. The van der Waals surface area contributed by atoms with Crippen molar-refractivity contribution in [3.63, 3.8) is 0 Å². The van der Waals surface area contributed by atoms with Crippen LogP contribution >= 0.6 is 11.6 Å². The third-order valence-electron chi connectivity index (χ3n) is 3.77. The summed E-state index contributed by atoms with van der Waals surface area (Å²) >= 11 is 5.85. The maximum absolute atomic E-state index is 13.1. The first-order valence-electron chi connectivity index (χ1n) is 8.03. The molecule has 0 saturated heterocycles. The third-order valence-corrected chi connectivity index (χ3v) is 4.02. The van der Waals surface area contributed by atoms with Crippen LogP contribution in [-0.2, 0) is 16.1 Å². The Morgan fingerprint density at radius 3 is 2.35 bits per heavy atom. The molecular weight excluding hydrogens is 359 g/mol. The largest absolute Gasteiger partial charge is 0.469 e. The van der Waals surface area contributed by atoms with Gasteiger partial charge in [-0.3, -0.25) is 4.79 Å². The third kappa shape index (κ3) is 5.74. The van der Waals surface area contributed by atoms with Crippen molar-refractivity contribution >= 4 is 29.3 Å². The lowest BCUT2D eigenvalue weighted by Gasteiger charge is -2.25. The quantitative estimate of drug-likeness (QED) is 0.761. The Morgan fingerprint density at radius 2 is 1.77 bits per heavy atom. The fraction of sp³-hybridized carbons (Fsp3) is 0.263. The molecule has 1 atom stereocenters. The van der Waals surface area contributed by atoms with Crippen molar-refractivity contribution in [3.8, 4) is 0 Å². The average Bonchev–Trinajstić information content (AvgIpc) is 2.64. The van der Waals surface area contributed by atoms with Crippen molar-refractivity contribution in [2.75, 3.05) is 19.0 Å². The Kier molecular flexibility index (Phi) is 6.97. The van der Waals surface area contributed by atoms with E-state index >= 15 is 0 Å². The summed E-state index contributed by atoms with van der Waals surface area (Å²) in [6.45, 7) is 2.06. The molecule has 0 aliphatic heterocycles. The van der Waals surface area contributed by atoms with Crippen LogP contribution < -0.4 is 5.32 Å². The van der Waals surface area contributed by atoms with Gasteiger partial charge < -0.3 is 15.0 Å². The summed E-state index contributed by atoms with van der Waals surface area (Å²) in [5, 5.41) is 3.33. The first kappa shape index (κ1) is 19.7. The van der Waals surface area contributed by atoms with Gasteiger partial charge in [-0.05, 0) is 42.0 Å². The minimum absolute atomic E-state index is 0.156. The van der Waals surface area contributed by atoms with E-state index in [0.717, 1.165) is 5.56 Å². The van der Waals surface area contributed by atoms with Crippen LogP contribution in [0.5, 0.6) is 0 Å². The van der Waals surface area contributed by atoms with E-state index in [1.54, 1.807) is 43.3 Å². The lowest BCUT2D eigenvalue weighted by atomic mass is 10.1. The van der Waals surface area contributed by atoms with E-state index in [2.05, 4.69) is 5.32 Å². The van der Waals surface area contributed by atoms with E-state index in [1.165, 1.54) is 24.1 Å². The number of halogens is 2. The number of benzene rings is 2. The second-order valence-electron chi connectivity index (χ2n) is 5.87. The zero-order valence-corrected chi connectivity index (χ0v) is 15.3. The van der Waals surface area contributed by atoms with Gasteiger partial charge in [0, 0.05) is 23.8 Å². The van der Waals surface area contributed by atoms with Crippen LogP contribution in [0, 0.1) is 11.7 Å². The van der Waals surface area contributed by atoms with E-state index in [-0.39, 0.29) is 24.9 Å². The van der Waals surface area contributed by atoms with Crippen LogP contribution in [0.3, 0.4) is 0 Å². The number of methoxy groups -OCH3 is 1. The lowest BCUT2D eigenvalue weighted by molar-refractivity contribution is -0.145. The number of nitrogens with one attached hydrogen (secondary N) is 1. The Labute approximate surface area is 156 Å². The smallest absolute Gasteiger partial charge is 0.322 e. The minimum atomic E-state index is -0.503. The molecule has 1 N–H and O–H groups in total. The average molecular weight is 379 g/mol. The zero-order chi connectivity index (χ0) is 19.1. The molecule has 0 heterocycles. The van der Waals surface area contributed by atoms with Crippen molar-refractivity contribution in [2.45, 2.75) is 13.5 Å². The Bertz CT molecular complexity index is 750. The van der Waals surface area contributed by atoms with Crippen LogP contribution in [-0.4, -0.2) is 30.6 Å². The molecule has 0 aromatic heterocycles. The molecule has 0 fully saturated rings. The molecule has 5 nitrogen and oxygen atoms in total. The molecule has 0 bridgehead atoms. The van der Waals surface area contributed by atoms with E-state index in [1.807, 2.05) is 0 Å². The first-order valence-corrected chi connectivity index (χ1v) is 8.40. The van der Waals surface area contributed by atoms with Crippen LogP contribution in [0.4, 0.5) is 14.9 Å². The normalized spacial score (nSPS) is 11.5. The predicted molar refractivity (Wildman–Crippen MR) is 98.5 cm³/mol. The SMILES string of the molecule is COC(=O)C(C)CN(Cc1ccc(F)cc1)C(=O)Nc1ccc(Cl)cc1. The van der Waals surface area contributed by atoms with Crippen LogP contribution in [0.15, 0.2) is 48.5 Å². The number of nitrogens with zero attached hydrogens (tertiary/aromatic N) is 1. The molecule has 26 heavy (non-hydrogen) atoms. The highest BCUT2D eigenvalue weighted by molar-refractivity contribution is 6.30. The van der Waals surface area contributed by atoms with Gasteiger partial charge in [-0.1, -0.05) is 30.7 Å². The highest BCUT2D eigenvalue weighted by Gasteiger charge is 2.22. The highest BCUT2D eigenvalue weighted by atomic mass is 35.5. The standard InChI is InChI=1S/C19H20ClFN2O3/c1-13(18(24)26-2)11-23(12-14-3-7-16(21)8-4-14)19(25)22-17-9-5-15(20)6-10-17/h3-10,13H,11-12H2,1-2H3,(H,22,25). The molecule has 0 saturated carbocycles. The molecule has 0 aliphatic rings. The zero-order valence-electron chi connectivity index (χ0n) is 14.5. The first-order chi connectivity index (χ1) is 12.4. The molecule has 2 aromatic rings. The predicted octanol–water partition coefficient (Wildman–Crippen LogP) is 4.32. The van der Waals surface area contributed by atoms with Crippen LogP contribution in [0.25, 0.3) is 0 Å². The van der Waals surface area contributed by atoms with E-state index in [4.69, 9.17) is 16.3 Å². The molecule has 2 amide bonds. The van der Waals surface area contributed by atoms with Crippen molar-refractivity contribution in [3.05, 3.63) is 64.9 Å². The van der Waals surface area contributed by atoms with Gasteiger partial charge in [0.1, 0.15) is 5.82 Å². The number of amides is 2. The molecule has 2 aromatic carbocycles. The molecule has 2 rings (SSSR count). The fourth-order valence-corrected chi connectivity index (χ4v) is 2.50. The maximum Gasteiger partial charge on any atom is 0.322 e. The summed E-state index contributed by atoms with van der Waals surface area (Å²) in [4.78, 5) is 25.9. The Balaban J connectivity index is 2.14. The van der Waals surface area contributed by atoms with Gasteiger partial charge in [-0.2, -0.15) is 0 Å². The molecule has 138 valence electrons. The molecule has 1 unspecified atom stereocenters. The second kappa shape index (κ2) is 9.20. The Hall–Kier alpha value is -2.60. The fourth-order valence-electron chi connectivity index (χ4n) is 2.37. The van der Waals surface area contributed by atoms with Crippen LogP contribution in [0.1, 0.15) is 12.5 Å². The van der Waals surface area contributed by atoms with Gasteiger partial charge in [0.05, 0.1) is 13.0 Å². The number of carbonyl (C=O) groups excluding carboxylic acids is 2. The number of rotatable bonds is 6. The Morgan fingerprint density at radius 1 is 1.15 bits per heavy atom. The summed E-state index contributed by atoms with van der Waals surface area (Å²) in [6, 6.07) is 12.2. The van der Waals surface area contributed by atoms with Gasteiger partial charge in [0.15, 0.2) is 0 Å². The van der Waals surface area contributed by atoms with Crippen LogP contribution in [0.2, 0.25) is 5.02 Å². The molecule has 0 spiro atoms. The summed E-state index contributed by atoms with van der Waals surface area (Å²) in [5.41, 5.74) is 1.32. The van der Waals surface area contributed by atoms with Crippen molar-refractivity contribution in [1.82, 2.24) is 4.90 Å². The van der Waals surface area contributed by atoms with Gasteiger partial charge in [-0.25, -0.2) is 9.18 Å². The monoisotopic (exact) mass is 378 g/mol. The number of anilines is 1. The lowest BCUT2D eigenvalue weighted by Crippen LogP contribution is -2.39. The number of ether oxygens (including phenoxy) is 1. The number of hydrogen-bond acceptors (Lipinski definition) is 3. The topological polar surface area (TPSA) is 58.6 Å². The number of carbonyl (C=O) groups is 2. The maximum atomic E-state index is 13.1. The van der Waals surface area contributed by atoms with Gasteiger partial charge in [-0.15, -0.1) is 0 Å². The number of esters is 1. The highest BCUT2D eigenvalue weighted by Crippen LogP contribution is 2.16. The van der Waals surface area contributed by atoms with Gasteiger partial charge >= 0.3 is 12.0 Å². The summed E-state index contributed by atoms with van der Waals surface area (Å²) in [7, 11) is 1.30. The molecule has 0 radical (unpaired) electrons. The van der Waals surface area contributed by atoms with Crippen molar-refractivity contribution in [2.24, 2.45) is 5.92 Å². The van der Waals surface area contributed by atoms with E-state index in [9.17, 15) is 14.0 Å². The van der Waals surface area contributed by atoms with E-state index in [0.29, 0.717) is 10.7 Å². The minimum Gasteiger partial charge on any atom is -0.469 e. The van der Waals surface area contributed by atoms with Gasteiger partial charge in [0.25, 0.3) is 0 Å². The van der Waals surface area contributed by atoms with Gasteiger partial charge in [0.2, 0.25) is 0 Å². The summed E-state index contributed by atoms with van der Waals surface area (Å²) in [6.07, 6.45) is 0. The molecule has 0 aliphatic carbocycles. The molecule has 7 heteroatoms. The number of hydrogen-bond donors (Lipinski definition) is 1. The summed E-state index contributed by atoms with van der Waals surface area (Å²) < 4.78 is 17.8. The summed E-state index contributed by atoms with van der Waals surface area (Å²) in [5.74, 6) is -1.27. The van der Waals surface area contributed by atoms with Crippen molar-refractivity contribution < 1.29 is 18.7 Å². The molecular formula is C19H20ClFN2O3. The second-order valence-corrected chi connectivity index (χ2v) is 6.30. The van der Waals surface area contributed by atoms with E-state index < -0.39 is 11.9 Å². The van der Waals surface area contributed by atoms with Crippen molar-refractivity contribution in [1.29, 1.82) is 0 Å².